The number of hydrogen-bond donors (Lipinski definition) is 1. The first-order valence-corrected chi connectivity index (χ1v) is 14.7. The zero-order valence-corrected chi connectivity index (χ0v) is 24.1. The zero-order chi connectivity index (χ0) is 28.5. The molecule has 1 N–H and O–H groups in total. The highest BCUT2D eigenvalue weighted by Crippen LogP contribution is 2.51. The number of methoxy groups -OCH3 is 2. The lowest BCUT2D eigenvalue weighted by atomic mass is 9.98. The minimum absolute atomic E-state index is 0.0867. The van der Waals surface area contributed by atoms with Crippen LogP contribution in [0.15, 0.2) is 72.8 Å². The first-order chi connectivity index (χ1) is 20.0. The van der Waals surface area contributed by atoms with Crippen LogP contribution < -0.4 is 19.7 Å². The van der Waals surface area contributed by atoms with Crippen molar-refractivity contribution in [2.24, 2.45) is 0 Å². The SMILES string of the molecule is COc1ccc(OC)c(C2SCC(=O)N(CC(=O)NC3CC3)c3c2c(-c2ccccc2)nn3-c2ccc(C)cc2)c1. The smallest absolute Gasteiger partial charge is 0.240 e. The Labute approximate surface area is 243 Å². The Hall–Kier alpha value is -4.24. The van der Waals surface area contributed by atoms with Crippen LogP contribution >= 0.6 is 11.8 Å². The number of fused-ring (bicyclic) bond motifs is 1. The maximum atomic E-state index is 13.9. The number of anilines is 1. The Morgan fingerprint density at radius 2 is 1.78 bits per heavy atom. The van der Waals surface area contributed by atoms with Gasteiger partial charge in [-0.15, -0.1) is 11.8 Å². The van der Waals surface area contributed by atoms with Crippen LogP contribution in [0.5, 0.6) is 11.5 Å². The van der Waals surface area contributed by atoms with E-state index in [0.717, 1.165) is 46.5 Å². The van der Waals surface area contributed by atoms with Crippen LogP contribution in [0.4, 0.5) is 5.82 Å². The molecule has 1 aliphatic carbocycles. The van der Waals surface area contributed by atoms with Crippen LogP contribution in [-0.2, 0) is 9.59 Å². The minimum Gasteiger partial charge on any atom is -0.497 e. The molecule has 6 rings (SSSR count). The molecule has 0 bridgehead atoms. The highest BCUT2D eigenvalue weighted by atomic mass is 32.2. The number of hydrogen-bond acceptors (Lipinski definition) is 6. The summed E-state index contributed by atoms with van der Waals surface area (Å²) in [4.78, 5) is 28.6. The van der Waals surface area contributed by atoms with Crippen molar-refractivity contribution in [2.45, 2.75) is 31.1 Å². The molecule has 1 aliphatic heterocycles. The minimum atomic E-state index is -0.329. The van der Waals surface area contributed by atoms with Gasteiger partial charge in [-0.1, -0.05) is 48.0 Å². The number of ether oxygens (including phenoxy) is 2. The molecule has 2 aliphatic rings. The van der Waals surface area contributed by atoms with E-state index in [-0.39, 0.29) is 35.4 Å². The first-order valence-electron chi connectivity index (χ1n) is 13.7. The molecule has 1 atom stereocenters. The van der Waals surface area contributed by atoms with Crippen molar-refractivity contribution in [1.29, 1.82) is 0 Å². The average molecular weight is 569 g/mol. The van der Waals surface area contributed by atoms with Gasteiger partial charge in [-0.3, -0.25) is 14.5 Å². The van der Waals surface area contributed by atoms with Crippen molar-refractivity contribution >= 4 is 29.4 Å². The molecule has 1 fully saturated rings. The maximum absolute atomic E-state index is 13.9. The van der Waals surface area contributed by atoms with Crippen molar-refractivity contribution in [3.05, 3.63) is 89.5 Å². The largest absolute Gasteiger partial charge is 0.497 e. The zero-order valence-electron chi connectivity index (χ0n) is 23.3. The van der Waals surface area contributed by atoms with E-state index in [2.05, 4.69) is 5.32 Å². The lowest BCUT2D eigenvalue weighted by molar-refractivity contribution is -0.123. The van der Waals surface area contributed by atoms with Crippen LogP contribution in [0.3, 0.4) is 0 Å². The Kier molecular flexibility index (Phi) is 7.45. The highest BCUT2D eigenvalue weighted by Gasteiger charge is 2.39. The molecule has 0 saturated heterocycles. The molecule has 210 valence electrons. The second-order valence-corrected chi connectivity index (χ2v) is 11.4. The van der Waals surface area contributed by atoms with Crippen molar-refractivity contribution < 1.29 is 19.1 Å². The Morgan fingerprint density at radius 1 is 1.02 bits per heavy atom. The second kappa shape index (κ2) is 11.3. The van der Waals surface area contributed by atoms with E-state index in [4.69, 9.17) is 14.6 Å². The standard InChI is InChI=1S/C32H32N4O4S/c1-20-9-13-23(14-10-20)36-32-29(30(34-36)21-7-5-4-6-8-21)31(25-17-24(39-2)15-16-26(25)40-3)41-19-28(38)35(32)18-27(37)33-22-11-12-22/h4-10,13-17,22,31H,11-12,18-19H2,1-3H3,(H,33,37). The van der Waals surface area contributed by atoms with Crippen LogP contribution in [0.2, 0.25) is 0 Å². The average Bonchev–Trinajstić information content (AvgIpc) is 3.75. The third-order valence-corrected chi connectivity index (χ3v) is 8.61. The molecule has 0 radical (unpaired) electrons. The summed E-state index contributed by atoms with van der Waals surface area (Å²) in [6, 6.07) is 23.9. The van der Waals surface area contributed by atoms with Gasteiger partial charge in [0.05, 0.1) is 36.6 Å². The molecule has 1 saturated carbocycles. The molecule has 9 heteroatoms. The number of benzene rings is 3. The van der Waals surface area contributed by atoms with Gasteiger partial charge in [0.25, 0.3) is 0 Å². The summed E-state index contributed by atoms with van der Waals surface area (Å²) >= 11 is 1.50. The lowest BCUT2D eigenvalue weighted by Crippen LogP contribution is -2.43. The predicted octanol–water partition coefficient (Wildman–Crippen LogP) is 5.31. The Bertz CT molecular complexity index is 1580. The number of carbonyl (C=O) groups is 2. The van der Waals surface area contributed by atoms with Gasteiger partial charge in [0.1, 0.15) is 23.9 Å². The number of nitrogens with zero attached hydrogens (tertiary/aromatic N) is 3. The molecular formula is C32H32N4O4S. The van der Waals surface area contributed by atoms with Crippen LogP contribution in [-0.4, -0.2) is 54.2 Å². The fraction of sp³-hybridized carbons (Fsp3) is 0.281. The second-order valence-electron chi connectivity index (χ2n) is 10.3. The molecule has 4 aromatic rings. The Balaban J connectivity index is 1.62. The van der Waals surface area contributed by atoms with Crippen LogP contribution in [0, 0.1) is 6.92 Å². The van der Waals surface area contributed by atoms with Crippen LogP contribution in [0.25, 0.3) is 16.9 Å². The summed E-state index contributed by atoms with van der Waals surface area (Å²) in [5.74, 6) is 1.81. The molecule has 1 unspecified atom stereocenters. The molecule has 2 heterocycles. The third kappa shape index (κ3) is 5.41. The molecule has 8 nitrogen and oxygen atoms in total. The van der Waals surface area contributed by atoms with Crippen molar-refractivity contribution in [3.8, 4) is 28.4 Å². The first kappa shape index (κ1) is 27.0. The van der Waals surface area contributed by atoms with Gasteiger partial charge >= 0.3 is 0 Å². The van der Waals surface area contributed by atoms with Gasteiger partial charge in [0, 0.05) is 22.7 Å². The summed E-state index contributed by atoms with van der Waals surface area (Å²) < 4.78 is 13.2. The number of aromatic nitrogens is 2. The number of amides is 2. The number of carbonyl (C=O) groups excluding carboxylic acids is 2. The fourth-order valence-electron chi connectivity index (χ4n) is 5.13. The number of rotatable bonds is 8. The Morgan fingerprint density at radius 3 is 2.46 bits per heavy atom. The predicted molar refractivity (Wildman–Crippen MR) is 161 cm³/mol. The summed E-state index contributed by atoms with van der Waals surface area (Å²) in [7, 11) is 3.27. The van der Waals surface area contributed by atoms with Crippen molar-refractivity contribution in [3.63, 3.8) is 0 Å². The van der Waals surface area contributed by atoms with E-state index in [1.165, 1.54) is 11.8 Å². The molecular weight excluding hydrogens is 536 g/mol. The monoisotopic (exact) mass is 568 g/mol. The molecule has 3 aromatic carbocycles. The third-order valence-electron chi connectivity index (χ3n) is 7.38. The van der Waals surface area contributed by atoms with Crippen molar-refractivity contribution in [2.75, 3.05) is 31.4 Å². The molecule has 0 spiro atoms. The number of nitrogens with one attached hydrogen (secondary N) is 1. The van der Waals surface area contributed by atoms with E-state index in [9.17, 15) is 9.59 Å². The topological polar surface area (TPSA) is 85.7 Å². The quantitative estimate of drug-likeness (QED) is 0.310. The highest BCUT2D eigenvalue weighted by molar-refractivity contribution is 8.00. The van der Waals surface area contributed by atoms with E-state index in [0.29, 0.717) is 17.3 Å². The number of thioether (sulfide) groups is 1. The number of aryl methyl sites for hydroxylation is 1. The van der Waals surface area contributed by atoms with Gasteiger partial charge in [-0.05, 0) is 50.1 Å². The van der Waals surface area contributed by atoms with Gasteiger partial charge in [0.15, 0.2) is 0 Å². The van der Waals surface area contributed by atoms with Gasteiger partial charge < -0.3 is 14.8 Å². The summed E-state index contributed by atoms with van der Waals surface area (Å²) in [5, 5.41) is 7.87. The van der Waals surface area contributed by atoms with Gasteiger partial charge in [-0.2, -0.15) is 5.10 Å². The lowest BCUT2D eigenvalue weighted by Gasteiger charge is -2.23. The molecule has 41 heavy (non-hydrogen) atoms. The van der Waals surface area contributed by atoms with Gasteiger partial charge in [-0.25, -0.2) is 4.68 Å². The summed E-state index contributed by atoms with van der Waals surface area (Å²) in [5.41, 5.74) is 5.29. The normalized spacial score (nSPS) is 16.6. The van der Waals surface area contributed by atoms with Crippen molar-refractivity contribution in [1.82, 2.24) is 15.1 Å². The molecule has 1 aromatic heterocycles. The maximum Gasteiger partial charge on any atom is 0.240 e. The summed E-state index contributed by atoms with van der Waals surface area (Å²) in [6.07, 6.45) is 1.94. The van der Waals surface area contributed by atoms with Gasteiger partial charge in [0.2, 0.25) is 11.8 Å². The summed E-state index contributed by atoms with van der Waals surface area (Å²) in [6.45, 7) is 1.94. The van der Waals surface area contributed by atoms with E-state index in [1.54, 1.807) is 19.1 Å². The molecule has 2 amide bonds. The van der Waals surface area contributed by atoms with E-state index >= 15 is 0 Å². The van der Waals surface area contributed by atoms with E-state index in [1.807, 2.05) is 84.4 Å². The van der Waals surface area contributed by atoms with Crippen LogP contribution in [0.1, 0.15) is 34.8 Å². The van der Waals surface area contributed by atoms with E-state index < -0.39 is 0 Å². The fourth-order valence-corrected chi connectivity index (χ4v) is 6.34.